The first-order valence-electron chi connectivity index (χ1n) is 10.3. The molecule has 0 aliphatic rings. The number of aliphatic hydroxyl groups is 3. The van der Waals surface area contributed by atoms with Crippen LogP contribution in [0.2, 0.25) is 0 Å². The van der Waals surface area contributed by atoms with E-state index in [4.69, 9.17) is 10.5 Å². The fourth-order valence-electron chi connectivity index (χ4n) is 3.42. The Morgan fingerprint density at radius 2 is 1.38 bits per heavy atom. The molecule has 1 aromatic rings. The molecule has 0 saturated heterocycles. The van der Waals surface area contributed by atoms with Crippen molar-refractivity contribution < 1.29 is 39.2 Å². The van der Waals surface area contributed by atoms with Gasteiger partial charge in [-0.3, -0.25) is 19.2 Å². The number of nitrogen functional groups attached to an aromatic ring is 1. The Kier molecular flexibility index (Phi) is 9.53. The van der Waals surface area contributed by atoms with Crippen molar-refractivity contribution in [2.75, 3.05) is 25.6 Å². The van der Waals surface area contributed by atoms with Crippen LogP contribution in [0.3, 0.4) is 0 Å². The highest BCUT2D eigenvalue weighted by Crippen LogP contribution is 2.42. The van der Waals surface area contributed by atoms with Crippen molar-refractivity contribution in [3.63, 3.8) is 0 Å². The standard InChI is InChI=1S/C25H31NO8/c1-14(2)20(30)23(33)24(12-27,13-28)25(21(31)15(3)4,22(32)16(5)6)34-11-19(29)17-7-9-18(26)10-8-17/h7-10,20,27-28,30H,1,3,5,11-13,26H2,2,4,6H3. The molecule has 1 atom stereocenters. The van der Waals surface area contributed by atoms with Crippen molar-refractivity contribution in [1.82, 2.24) is 0 Å². The molecule has 0 aliphatic carbocycles. The van der Waals surface area contributed by atoms with Gasteiger partial charge in [0.1, 0.15) is 18.1 Å². The molecule has 9 nitrogen and oxygen atoms in total. The van der Waals surface area contributed by atoms with Gasteiger partial charge in [0, 0.05) is 11.3 Å². The summed E-state index contributed by atoms with van der Waals surface area (Å²) in [6, 6.07) is 5.70. The summed E-state index contributed by atoms with van der Waals surface area (Å²) in [5.41, 5.74) is -0.134. The summed E-state index contributed by atoms with van der Waals surface area (Å²) in [5.74, 6) is -4.33. The molecule has 0 bridgehead atoms. The van der Waals surface area contributed by atoms with Crippen molar-refractivity contribution in [3.8, 4) is 0 Å². The maximum absolute atomic E-state index is 13.5. The molecule has 0 aromatic heterocycles. The zero-order valence-corrected chi connectivity index (χ0v) is 19.6. The molecule has 0 aliphatic heterocycles. The van der Waals surface area contributed by atoms with Crippen molar-refractivity contribution in [2.45, 2.75) is 32.5 Å². The molecule has 1 aromatic carbocycles. The lowest BCUT2D eigenvalue weighted by Gasteiger charge is -2.45. The fraction of sp³-hybridized carbons (Fsp3) is 0.360. The monoisotopic (exact) mass is 473 g/mol. The molecular weight excluding hydrogens is 442 g/mol. The first-order valence-corrected chi connectivity index (χ1v) is 10.3. The van der Waals surface area contributed by atoms with E-state index in [0.717, 1.165) is 0 Å². The lowest BCUT2D eigenvalue weighted by Crippen LogP contribution is -2.69. The van der Waals surface area contributed by atoms with Gasteiger partial charge < -0.3 is 25.8 Å². The van der Waals surface area contributed by atoms with E-state index in [1.54, 1.807) is 0 Å². The number of Topliss-reactive ketones (excluding diaryl/α,β-unsaturated/α-hetero) is 4. The Bertz CT molecular complexity index is 992. The van der Waals surface area contributed by atoms with Crippen molar-refractivity contribution >= 4 is 28.8 Å². The van der Waals surface area contributed by atoms with E-state index in [2.05, 4.69) is 19.7 Å². The molecule has 0 saturated carbocycles. The van der Waals surface area contributed by atoms with Gasteiger partial charge >= 0.3 is 0 Å². The van der Waals surface area contributed by atoms with Crippen LogP contribution in [0.15, 0.2) is 60.7 Å². The number of aliphatic hydroxyl groups excluding tert-OH is 3. The Balaban J connectivity index is 3.85. The minimum Gasteiger partial charge on any atom is -0.399 e. The van der Waals surface area contributed by atoms with E-state index in [0.29, 0.717) is 5.69 Å². The maximum Gasteiger partial charge on any atom is 0.210 e. The number of nitrogens with two attached hydrogens (primary N) is 1. The van der Waals surface area contributed by atoms with Crippen molar-refractivity contribution in [3.05, 3.63) is 66.3 Å². The number of carbonyl (C=O) groups is 4. The second kappa shape index (κ2) is 11.3. The smallest absolute Gasteiger partial charge is 0.210 e. The van der Waals surface area contributed by atoms with E-state index < -0.39 is 60.1 Å². The Labute approximate surface area is 198 Å². The van der Waals surface area contributed by atoms with Gasteiger partial charge in [-0.05, 0) is 61.8 Å². The van der Waals surface area contributed by atoms with E-state index in [9.17, 15) is 34.5 Å². The summed E-state index contributed by atoms with van der Waals surface area (Å²) in [6.45, 7) is 10.8. The zero-order chi connectivity index (χ0) is 26.4. The minimum absolute atomic E-state index is 0.0753. The third kappa shape index (κ3) is 5.13. The van der Waals surface area contributed by atoms with Gasteiger partial charge in [0.2, 0.25) is 5.60 Å². The van der Waals surface area contributed by atoms with Gasteiger partial charge in [-0.25, -0.2) is 0 Å². The largest absolute Gasteiger partial charge is 0.399 e. The summed E-state index contributed by atoms with van der Waals surface area (Å²) >= 11 is 0. The average molecular weight is 474 g/mol. The predicted octanol–water partition coefficient (Wildman–Crippen LogP) is 0.974. The molecule has 0 heterocycles. The maximum atomic E-state index is 13.5. The lowest BCUT2D eigenvalue weighted by molar-refractivity contribution is -0.190. The molecule has 5 N–H and O–H groups in total. The van der Waals surface area contributed by atoms with Crippen LogP contribution in [0.25, 0.3) is 0 Å². The average Bonchev–Trinajstić information content (AvgIpc) is 2.80. The van der Waals surface area contributed by atoms with Crippen LogP contribution in [-0.2, 0) is 19.1 Å². The zero-order valence-electron chi connectivity index (χ0n) is 19.6. The third-order valence-corrected chi connectivity index (χ3v) is 5.47. The number of hydrogen-bond donors (Lipinski definition) is 4. The van der Waals surface area contributed by atoms with Gasteiger partial charge in [0.05, 0.1) is 13.2 Å². The normalized spacial score (nSPS) is 12.5. The molecule has 34 heavy (non-hydrogen) atoms. The van der Waals surface area contributed by atoms with Crippen LogP contribution >= 0.6 is 0 Å². The number of anilines is 1. The highest BCUT2D eigenvalue weighted by atomic mass is 16.5. The van der Waals surface area contributed by atoms with Gasteiger partial charge in [0.25, 0.3) is 0 Å². The van der Waals surface area contributed by atoms with Crippen LogP contribution < -0.4 is 5.73 Å². The number of rotatable bonds is 14. The Morgan fingerprint density at radius 1 is 0.941 bits per heavy atom. The molecule has 1 rings (SSSR count). The van der Waals surface area contributed by atoms with E-state index in [1.165, 1.54) is 45.0 Å². The quantitative estimate of drug-likeness (QED) is 0.101. The summed E-state index contributed by atoms with van der Waals surface area (Å²) < 4.78 is 5.64. The van der Waals surface area contributed by atoms with Gasteiger partial charge in [-0.1, -0.05) is 19.7 Å². The number of hydrogen-bond acceptors (Lipinski definition) is 9. The predicted molar refractivity (Wildman–Crippen MR) is 126 cm³/mol. The van der Waals surface area contributed by atoms with Crippen LogP contribution in [0, 0.1) is 5.41 Å². The molecule has 0 spiro atoms. The fourth-order valence-corrected chi connectivity index (χ4v) is 3.42. The molecule has 184 valence electrons. The molecule has 1 unspecified atom stereocenters. The Hall–Kier alpha value is -3.24. The number of benzene rings is 1. The molecule has 0 fully saturated rings. The number of carbonyl (C=O) groups excluding carboxylic acids is 4. The topological polar surface area (TPSA) is 164 Å². The summed E-state index contributed by atoms with van der Waals surface area (Å²) in [5, 5.41) is 31.1. The second-order valence-electron chi connectivity index (χ2n) is 8.25. The van der Waals surface area contributed by atoms with E-state index >= 15 is 0 Å². The van der Waals surface area contributed by atoms with E-state index in [1.807, 2.05) is 0 Å². The molecule has 0 amide bonds. The lowest BCUT2D eigenvalue weighted by atomic mass is 9.62. The highest BCUT2D eigenvalue weighted by Gasteiger charge is 2.66. The van der Waals surface area contributed by atoms with Gasteiger partial charge in [-0.2, -0.15) is 0 Å². The highest BCUT2D eigenvalue weighted by molar-refractivity contribution is 6.25. The minimum atomic E-state index is -2.95. The Morgan fingerprint density at radius 3 is 1.74 bits per heavy atom. The molecule has 9 heteroatoms. The van der Waals surface area contributed by atoms with Crippen LogP contribution in [0.4, 0.5) is 5.69 Å². The summed E-state index contributed by atoms with van der Waals surface area (Å²) in [7, 11) is 0. The van der Waals surface area contributed by atoms with Crippen molar-refractivity contribution in [1.29, 1.82) is 0 Å². The number of ketones is 4. The molecular formula is C25H31NO8. The first-order chi connectivity index (χ1) is 15.7. The number of ether oxygens (including phenoxy) is 1. The van der Waals surface area contributed by atoms with E-state index in [-0.39, 0.29) is 22.3 Å². The van der Waals surface area contributed by atoms with Crippen LogP contribution in [0.1, 0.15) is 31.1 Å². The van der Waals surface area contributed by atoms with Gasteiger partial charge in [0.15, 0.2) is 23.1 Å². The van der Waals surface area contributed by atoms with Gasteiger partial charge in [-0.15, -0.1) is 0 Å². The summed E-state index contributed by atoms with van der Waals surface area (Å²) in [4.78, 5) is 53.1. The summed E-state index contributed by atoms with van der Waals surface area (Å²) in [6.07, 6.45) is -1.97. The first kappa shape index (κ1) is 28.8. The van der Waals surface area contributed by atoms with Crippen LogP contribution in [0.5, 0.6) is 0 Å². The molecule has 0 radical (unpaired) electrons. The second-order valence-corrected chi connectivity index (χ2v) is 8.25. The van der Waals surface area contributed by atoms with Crippen LogP contribution in [-0.4, -0.2) is 70.0 Å². The van der Waals surface area contributed by atoms with Crippen molar-refractivity contribution in [2.24, 2.45) is 5.41 Å². The third-order valence-electron chi connectivity index (χ3n) is 5.47. The SMILES string of the molecule is C=C(C)C(=O)C(OCC(=O)c1ccc(N)cc1)(C(=O)C(=C)C)C(CO)(CO)C(=O)C(O)C(=C)C.